The van der Waals surface area contributed by atoms with Gasteiger partial charge in [0.15, 0.2) is 5.82 Å². The second-order valence-corrected chi connectivity index (χ2v) is 7.83. The lowest BCUT2D eigenvalue weighted by Gasteiger charge is -2.15. The summed E-state index contributed by atoms with van der Waals surface area (Å²) in [5, 5.41) is 0. The predicted octanol–water partition coefficient (Wildman–Crippen LogP) is 6.92. The molecule has 1 heterocycles. The van der Waals surface area contributed by atoms with Crippen LogP contribution in [0.2, 0.25) is 0 Å². The molecule has 0 aliphatic rings. The van der Waals surface area contributed by atoms with Crippen LogP contribution in [0.25, 0.3) is 22.5 Å². The van der Waals surface area contributed by atoms with Crippen molar-refractivity contribution in [1.82, 2.24) is 9.97 Å². The second kappa shape index (κ2) is 10.9. The van der Waals surface area contributed by atoms with E-state index >= 15 is 0 Å². The zero-order chi connectivity index (χ0) is 21.3. The molecule has 0 aliphatic heterocycles. The first-order valence-corrected chi connectivity index (χ1v) is 10.9. The summed E-state index contributed by atoms with van der Waals surface area (Å²) in [7, 11) is 0. The number of aryl methyl sites for hydroxylation is 1. The van der Waals surface area contributed by atoms with Gasteiger partial charge in [-0.3, -0.25) is 0 Å². The smallest absolute Gasteiger partial charge is 0.159 e. The van der Waals surface area contributed by atoms with Gasteiger partial charge in [0, 0.05) is 23.5 Å². The Hall–Kier alpha value is -2.75. The molecule has 2 atom stereocenters. The first-order valence-electron chi connectivity index (χ1n) is 10.9. The zero-order valence-corrected chi connectivity index (χ0v) is 18.1. The lowest BCUT2D eigenvalue weighted by atomic mass is 10.0. The van der Waals surface area contributed by atoms with E-state index < -0.39 is 6.17 Å². The number of benzene rings is 2. The summed E-state index contributed by atoms with van der Waals surface area (Å²) in [5.74, 6) is 1.32. The lowest BCUT2D eigenvalue weighted by molar-refractivity contribution is 0.145. The molecular formula is C26H31FN2O. The van der Waals surface area contributed by atoms with Crippen LogP contribution >= 0.6 is 0 Å². The van der Waals surface area contributed by atoms with Crippen molar-refractivity contribution in [3.8, 4) is 28.3 Å². The number of hydrogen-bond acceptors (Lipinski definition) is 3. The van der Waals surface area contributed by atoms with Gasteiger partial charge in [-0.05, 0) is 54.2 Å². The van der Waals surface area contributed by atoms with Crippen molar-refractivity contribution in [2.75, 3.05) is 6.61 Å². The van der Waals surface area contributed by atoms with Crippen LogP contribution in [0.15, 0.2) is 60.9 Å². The van der Waals surface area contributed by atoms with Crippen LogP contribution in [-0.2, 0) is 6.42 Å². The average molecular weight is 407 g/mol. The van der Waals surface area contributed by atoms with E-state index in [0.717, 1.165) is 29.5 Å². The van der Waals surface area contributed by atoms with Crippen LogP contribution < -0.4 is 4.74 Å². The molecule has 158 valence electrons. The predicted molar refractivity (Wildman–Crippen MR) is 121 cm³/mol. The van der Waals surface area contributed by atoms with Crippen LogP contribution in [0.5, 0.6) is 5.75 Å². The average Bonchev–Trinajstić information content (AvgIpc) is 2.81. The van der Waals surface area contributed by atoms with Crippen LogP contribution in [0.1, 0.15) is 45.6 Å². The fraction of sp³-hybridized carbons (Fsp3) is 0.385. The minimum absolute atomic E-state index is 0.00346. The SMILES string of the molecule is CCCCc1ccc(-c2cnc(-c3ccc(OCC(F)C(C)CC)cc3)nc2)cc1. The van der Waals surface area contributed by atoms with Gasteiger partial charge in [-0.15, -0.1) is 0 Å². The van der Waals surface area contributed by atoms with Gasteiger partial charge >= 0.3 is 0 Å². The Labute approximate surface area is 179 Å². The summed E-state index contributed by atoms with van der Waals surface area (Å²) in [6.07, 6.45) is 7.11. The van der Waals surface area contributed by atoms with Gasteiger partial charge < -0.3 is 4.74 Å². The summed E-state index contributed by atoms with van der Waals surface area (Å²) in [4.78, 5) is 9.05. The molecule has 0 radical (unpaired) electrons. The van der Waals surface area contributed by atoms with Crippen molar-refractivity contribution in [2.45, 2.75) is 52.6 Å². The first kappa shape index (κ1) is 21.9. The summed E-state index contributed by atoms with van der Waals surface area (Å²) >= 11 is 0. The highest BCUT2D eigenvalue weighted by Crippen LogP contribution is 2.23. The maximum atomic E-state index is 13.9. The Bertz CT molecular complexity index is 892. The Morgan fingerprint density at radius 1 is 0.867 bits per heavy atom. The topological polar surface area (TPSA) is 35.0 Å². The molecule has 0 bridgehead atoms. The molecule has 0 fully saturated rings. The van der Waals surface area contributed by atoms with Gasteiger partial charge in [-0.2, -0.15) is 0 Å². The number of halogens is 1. The van der Waals surface area contributed by atoms with Crippen molar-refractivity contribution in [3.63, 3.8) is 0 Å². The summed E-state index contributed by atoms with van der Waals surface area (Å²) < 4.78 is 19.5. The number of rotatable bonds is 10. The number of nitrogens with zero attached hydrogens (tertiary/aromatic N) is 2. The highest BCUT2D eigenvalue weighted by Gasteiger charge is 2.15. The molecule has 1 aromatic heterocycles. The third-order valence-corrected chi connectivity index (χ3v) is 5.54. The van der Waals surface area contributed by atoms with Crippen molar-refractivity contribution in [2.24, 2.45) is 5.92 Å². The molecule has 4 heteroatoms. The highest BCUT2D eigenvalue weighted by molar-refractivity contribution is 5.64. The molecule has 0 N–H and O–H groups in total. The van der Waals surface area contributed by atoms with Crippen molar-refractivity contribution < 1.29 is 9.13 Å². The van der Waals surface area contributed by atoms with E-state index in [4.69, 9.17) is 4.74 Å². The number of hydrogen-bond donors (Lipinski definition) is 0. The summed E-state index contributed by atoms with van der Waals surface area (Å²) in [6, 6.07) is 16.1. The van der Waals surface area contributed by atoms with Gasteiger partial charge in [0.2, 0.25) is 0 Å². The molecule has 3 rings (SSSR count). The third-order valence-electron chi connectivity index (χ3n) is 5.54. The standard InChI is InChI=1S/C26H31FN2O/c1-4-6-7-20-8-10-21(11-9-20)23-16-28-26(29-17-23)22-12-14-24(15-13-22)30-18-25(27)19(3)5-2/h8-17,19,25H,4-7,18H2,1-3H3. The number of alkyl halides is 1. The van der Waals surface area contributed by atoms with E-state index in [9.17, 15) is 4.39 Å². The van der Waals surface area contributed by atoms with E-state index in [-0.39, 0.29) is 12.5 Å². The monoisotopic (exact) mass is 406 g/mol. The molecule has 0 aliphatic carbocycles. The van der Waals surface area contributed by atoms with Gasteiger partial charge in [0.25, 0.3) is 0 Å². The molecule has 30 heavy (non-hydrogen) atoms. The molecule has 3 nitrogen and oxygen atoms in total. The Kier molecular flexibility index (Phi) is 7.95. The fourth-order valence-electron chi connectivity index (χ4n) is 3.17. The Morgan fingerprint density at radius 2 is 1.50 bits per heavy atom. The van der Waals surface area contributed by atoms with E-state index in [2.05, 4.69) is 41.2 Å². The second-order valence-electron chi connectivity index (χ2n) is 7.83. The quantitative estimate of drug-likeness (QED) is 0.367. The molecule has 2 aromatic carbocycles. The summed E-state index contributed by atoms with van der Waals surface area (Å²) in [5.41, 5.74) is 4.39. The maximum Gasteiger partial charge on any atom is 0.159 e. The van der Waals surface area contributed by atoms with Crippen LogP contribution in [-0.4, -0.2) is 22.7 Å². The fourth-order valence-corrected chi connectivity index (χ4v) is 3.17. The van der Waals surface area contributed by atoms with Crippen LogP contribution in [0.4, 0.5) is 4.39 Å². The van der Waals surface area contributed by atoms with Crippen molar-refractivity contribution in [1.29, 1.82) is 0 Å². The van der Waals surface area contributed by atoms with Gasteiger partial charge in [0.05, 0.1) is 0 Å². The Balaban J connectivity index is 1.62. The largest absolute Gasteiger partial charge is 0.491 e. The lowest BCUT2D eigenvalue weighted by Crippen LogP contribution is -2.20. The normalized spacial score (nSPS) is 13.1. The molecule has 0 spiro atoms. The minimum Gasteiger partial charge on any atom is -0.491 e. The van der Waals surface area contributed by atoms with E-state index in [1.54, 1.807) is 0 Å². The highest BCUT2D eigenvalue weighted by atomic mass is 19.1. The van der Waals surface area contributed by atoms with Gasteiger partial charge in [0.1, 0.15) is 18.5 Å². The van der Waals surface area contributed by atoms with E-state index in [0.29, 0.717) is 11.6 Å². The molecule has 0 saturated heterocycles. The number of ether oxygens (including phenoxy) is 1. The molecular weight excluding hydrogens is 375 g/mol. The molecule has 0 saturated carbocycles. The molecule has 2 unspecified atom stereocenters. The molecule has 0 amide bonds. The van der Waals surface area contributed by atoms with Crippen molar-refractivity contribution >= 4 is 0 Å². The van der Waals surface area contributed by atoms with Crippen LogP contribution in [0.3, 0.4) is 0 Å². The number of unbranched alkanes of at least 4 members (excludes halogenated alkanes) is 1. The minimum atomic E-state index is -0.953. The van der Waals surface area contributed by atoms with Crippen molar-refractivity contribution in [3.05, 3.63) is 66.5 Å². The molecule has 3 aromatic rings. The first-order chi connectivity index (χ1) is 14.6. The van der Waals surface area contributed by atoms with Crippen LogP contribution in [0, 0.1) is 5.92 Å². The van der Waals surface area contributed by atoms with Gasteiger partial charge in [-0.25, -0.2) is 14.4 Å². The third kappa shape index (κ3) is 5.88. The zero-order valence-electron chi connectivity index (χ0n) is 18.1. The van der Waals surface area contributed by atoms with E-state index in [1.807, 2.05) is 50.5 Å². The van der Waals surface area contributed by atoms with Gasteiger partial charge in [-0.1, -0.05) is 57.9 Å². The summed E-state index contributed by atoms with van der Waals surface area (Å²) in [6.45, 7) is 6.18. The maximum absolute atomic E-state index is 13.9. The van der Waals surface area contributed by atoms with E-state index in [1.165, 1.54) is 18.4 Å². The number of aromatic nitrogens is 2. The Morgan fingerprint density at radius 3 is 2.10 bits per heavy atom.